The van der Waals surface area contributed by atoms with Crippen LogP contribution in [0.3, 0.4) is 0 Å². The summed E-state index contributed by atoms with van der Waals surface area (Å²) in [6.07, 6.45) is 0. The van der Waals surface area contributed by atoms with Gasteiger partial charge in [0.2, 0.25) is 0 Å². The van der Waals surface area contributed by atoms with Crippen LogP contribution >= 0.6 is 0 Å². The summed E-state index contributed by atoms with van der Waals surface area (Å²) in [6, 6.07) is 9.72. The monoisotopic (exact) mass is 313 g/mol. The van der Waals surface area contributed by atoms with Crippen molar-refractivity contribution in [1.82, 2.24) is 15.1 Å². The largest absolute Gasteiger partial charge is 0.347 e. The second kappa shape index (κ2) is 6.36. The highest BCUT2D eigenvalue weighted by molar-refractivity contribution is 5.97. The van der Waals surface area contributed by atoms with Gasteiger partial charge in [0, 0.05) is 26.6 Å². The maximum Gasteiger partial charge on any atom is 0.269 e. The van der Waals surface area contributed by atoms with Crippen LogP contribution in [0.1, 0.15) is 59.8 Å². The van der Waals surface area contributed by atoms with Crippen molar-refractivity contribution in [3.8, 4) is 0 Å². The van der Waals surface area contributed by atoms with Crippen LogP contribution < -0.4 is 5.32 Å². The Kier molecular flexibility index (Phi) is 4.68. The molecule has 0 aliphatic rings. The average Bonchev–Trinajstić information content (AvgIpc) is 2.86. The highest BCUT2D eigenvalue weighted by Crippen LogP contribution is 2.22. The first-order chi connectivity index (χ1) is 10.7. The molecule has 0 unspecified atom stereocenters. The highest BCUT2D eigenvalue weighted by atomic mass is 16.2. The maximum atomic E-state index is 12.2. The first kappa shape index (κ1) is 16.9. The standard InChI is InChI=1S/C18H23N3O2/c1-12(22)15-10-16(21(5)20-15)17(23)19-11-13-6-8-14(9-7-13)18(2,3)4/h6-10H,11H2,1-5H3,(H,19,23). The van der Waals surface area contributed by atoms with Gasteiger partial charge in [-0.1, -0.05) is 45.0 Å². The third-order valence-electron chi connectivity index (χ3n) is 3.75. The molecule has 0 fully saturated rings. The Morgan fingerprint density at radius 2 is 1.78 bits per heavy atom. The van der Waals surface area contributed by atoms with Crippen molar-refractivity contribution in [2.75, 3.05) is 0 Å². The number of Topliss-reactive ketones (excluding diaryl/α,β-unsaturated/α-hetero) is 1. The normalized spacial score (nSPS) is 11.3. The van der Waals surface area contributed by atoms with Crippen molar-refractivity contribution in [2.45, 2.75) is 39.7 Å². The lowest BCUT2D eigenvalue weighted by Gasteiger charge is -2.19. The first-order valence-electron chi connectivity index (χ1n) is 7.61. The van der Waals surface area contributed by atoms with E-state index < -0.39 is 0 Å². The summed E-state index contributed by atoms with van der Waals surface area (Å²) in [7, 11) is 1.65. The van der Waals surface area contributed by atoms with E-state index in [-0.39, 0.29) is 17.1 Å². The number of amides is 1. The molecule has 122 valence electrons. The van der Waals surface area contributed by atoms with E-state index in [1.54, 1.807) is 7.05 Å². The molecule has 0 radical (unpaired) electrons. The number of aromatic nitrogens is 2. The van der Waals surface area contributed by atoms with Crippen molar-refractivity contribution >= 4 is 11.7 Å². The van der Waals surface area contributed by atoms with E-state index in [4.69, 9.17) is 0 Å². The summed E-state index contributed by atoms with van der Waals surface area (Å²) in [5.41, 5.74) is 3.07. The van der Waals surface area contributed by atoms with E-state index in [1.165, 1.54) is 23.2 Å². The fourth-order valence-corrected chi connectivity index (χ4v) is 2.25. The zero-order chi connectivity index (χ0) is 17.2. The predicted molar refractivity (Wildman–Crippen MR) is 89.5 cm³/mol. The van der Waals surface area contributed by atoms with E-state index in [9.17, 15) is 9.59 Å². The number of hydrogen-bond donors (Lipinski definition) is 1. The van der Waals surface area contributed by atoms with Crippen molar-refractivity contribution in [2.24, 2.45) is 7.05 Å². The Bertz CT molecular complexity index is 722. The van der Waals surface area contributed by atoms with Gasteiger partial charge in [-0.05, 0) is 16.5 Å². The SMILES string of the molecule is CC(=O)c1cc(C(=O)NCc2ccc(C(C)(C)C)cc2)n(C)n1. The third-order valence-corrected chi connectivity index (χ3v) is 3.75. The molecule has 0 bridgehead atoms. The molecule has 5 heteroatoms. The number of aryl methyl sites for hydroxylation is 1. The van der Waals surface area contributed by atoms with Gasteiger partial charge in [-0.3, -0.25) is 14.3 Å². The van der Waals surface area contributed by atoms with E-state index >= 15 is 0 Å². The molecule has 0 spiro atoms. The molecule has 5 nitrogen and oxygen atoms in total. The molecule has 0 aliphatic heterocycles. The summed E-state index contributed by atoms with van der Waals surface area (Å²) < 4.78 is 1.43. The Balaban J connectivity index is 2.03. The lowest BCUT2D eigenvalue weighted by Crippen LogP contribution is -2.25. The average molecular weight is 313 g/mol. The Morgan fingerprint density at radius 3 is 2.26 bits per heavy atom. The van der Waals surface area contributed by atoms with Gasteiger partial charge in [-0.15, -0.1) is 0 Å². The fourth-order valence-electron chi connectivity index (χ4n) is 2.25. The summed E-state index contributed by atoms with van der Waals surface area (Å²) in [4.78, 5) is 23.5. The molecule has 1 aromatic carbocycles. The van der Waals surface area contributed by atoms with Crippen LogP contribution in [0.5, 0.6) is 0 Å². The summed E-state index contributed by atoms with van der Waals surface area (Å²) in [5, 5.41) is 6.89. The van der Waals surface area contributed by atoms with Crippen molar-refractivity contribution in [3.63, 3.8) is 0 Å². The minimum Gasteiger partial charge on any atom is -0.347 e. The number of nitrogens with zero attached hydrogens (tertiary/aromatic N) is 2. The molecule has 1 heterocycles. The van der Waals surface area contributed by atoms with Crippen LogP contribution in [-0.2, 0) is 19.0 Å². The van der Waals surface area contributed by atoms with Gasteiger partial charge in [-0.2, -0.15) is 5.10 Å². The molecular formula is C18H23N3O2. The molecule has 0 aliphatic carbocycles. The number of rotatable bonds is 4. The number of nitrogens with one attached hydrogen (secondary N) is 1. The third kappa shape index (κ3) is 4.06. The Labute approximate surface area is 136 Å². The molecule has 1 aromatic heterocycles. The second-order valence-corrected chi connectivity index (χ2v) is 6.72. The van der Waals surface area contributed by atoms with Crippen LogP contribution in [0, 0.1) is 0 Å². The molecule has 2 aromatic rings. The van der Waals surface area contributed by atoms with E-state index in [0.29, 0.717) is 17.9 Å². The van der Waals surface area contributed by atoms with Gasteiger partial charge < -0.3 is 5.32 Å². The van der Waals surface area contributed by atoms with Crippen LogP contribution in [-0.4, -0.2) is 21.5 Å². The van der Waals surface area contributed by atoms with E-state index in [0.717, 1.165) is 5.56 Å². The van der Waals surface area contributed by atoms with Gasteiger partial charge in [-0.25, -0.2) is 0 Å². The van der Waals surface area contributed by atoms with Crippen molar-refractivity contribution in [1.29, 1.82) is 0 Å². The maximum absolute atomic E-state index is 12.2. The molecule has 2 rings (SSSR count). The van der Waals surface area contributed by atoms with Crippen LogP contribution in [0.4, 0.5) is 0 Å². The molecule has 0 saturated carbocycles. The minimum atomic E-state index is -0.243. The minimum absolute atomic E-state index is 0.111. The van der Waals surface area contributed by atoms with E-state index in [1.807, 2.05) is 12.1 Å². The van der Waals surface area contributed by atoms with E-state index in [2.05, 4.69) is 43.3 Å². The predicted octanol–water partition coefficient (Wildman–Crippen LogP) is 2.85. The quantitative estimate of drug-likeness (QED) is 0.883. The molecule has 23 heavy (non-hydrogen) atoms. The zero-order valence-electron chi connectivity index (χ0n) is 14.3. The first-order valence-corrected chi connectivity index (χ1v) is 7.61. The molecular weight excluding hydrogens is 290 g/mol. The summed E-state index contributed by atoms with van der Waals surface area (Å²) in [6.45, 7) is 8.36. The number of carbonyl (C=O) groups excluding carboxylic acids is 2. The molecule has 0 saturated heterocycles. The topological polar surface area (TPSA) is 64.0 Å². The second-order valence-electron chi connectivity index (χ2n) is 6.72. The highest BCUT2D eigenvalue weighted by Gasteiger charge is 2.16. The Morgan fingerprint density at radius 1 is 1.17 bits per heavy atom. The molecule has 0 atom stereocenters. The lowest BCUT2D eigenvalue weighted by atomic mass is 9.87. The van der Waals surface area contributed by atoms with Gasteiger partial charge in [0.1, 0.15) is 11.4 Å². The van der Waals surface area contributed by atoms with Crippen molar-refractivity contribution < 1.29 is 9.59 Å². The summed E-state index contributed by atoms with van der Waals surface area (Å²) in [5.74, 6) is -0.398. The smallest absolute Gasteiger partial charge is 0.269 e. The van der Waals surface area contributed by atoms with Gasteiger partial charge in [0.15, 0.2) is 5.78 Å². The number of carbonyl (C=O) groups is 2. The summed E-state index contributed by atoms with van der Waals surface area (Å²) >= 11 is 0. The van der Waals surface area contributed by atoms with Crippen molar-refractivity contribution in [3.05, 3.63) is 52.8 Å². The number of benzene rings is 1. The van der Waals surface area contributed by atoms with Crippen LogP contribution in [0.25, 0.3) is 0 Å². The van der Waals surface area contributed by atoms with Crippen LogP contribution in [0.2, 0.25) is 0 Å². The zero-order valence-corrected chi connectivity index (χ0v) is 14.3. The number of ketones is 1. The van der Waals surface area contributed by atoms with Crippen LogP contribution in [0.15, 0.2) is 30.3 Å². The molecule has 1 amide bonds. The fraction of sp³-hybridized carbons (Fsp3) is 0.389. The van der Waals surface area contributed by atoms with Gasteiger partial charge >= 0.3 is 0 Å². The molecule has 1 N–H and O–H groups in total. The Hall–Kier alpha value is -2.43. The number of hydrogen-bond acceptors (Lipinski definition) is 3. The lowest BCUT2D eigenvalue weighted by molar-refractivity contribution is 0.0940. The van der Waals surface area contributed by atoms with Gasteiger partial charge in [0.25, 0.3) is 5.91 Å². The van der Waals surface area contributed by atoms with Gasteiger partial charge in [0.05, 0.1) is 0 Å².